The summed E-state index contributed by atoms with van der Waals surface area (Å²) in [7, 11) is 0. The van der Waals surface area contributed by atoms with Gasteiger partial charge in [0.15, 0.2) is 0 Å². The average molecular weight is 399 g/mol. The molecule has 29 heavy (non-hydrogen) atoms. The molecule has 2 aromatic rings. The summed E-state index contributed by atoms with van der Waals surface area (Å²) >= 11 is 0. The van der Waals surface area contributed by atoms with Crippen molar-refractivity contribution < 1.29 is 19.4 Å². The molecule has 0 aromatic heterocycles. The number of carbonyl (C=O) groups is 2. The van der Waals surface area contributed by atoms with Crippen LogP contribution in [-0.4, -0.2) is 66.1 Å². The number of likely N-dealkylation sites (tertiary alicyclic amines) is 1. The van der Waals surface area contributed by atoms with Crippen LogP contribution >= 0.6 is 0 Å². The van der Waals surface area contributed by atoms with Crippen molar-refractivity contribution in [3.63, 3.8) is 0 Å². The molecular weight excluding hydrogens is 368 g/mol. The van der Waals surface area contributed by atoms with E-state index in [-0.39, 0.29) is 18.9 Å². The van der Waals surface area contributed by atoms with Crippen molar-refractivity contribution in [3.8, 4) is 5.75 Å². The van der Waals surface area contributed by atoms with E-state index in [0.717, 1.165) is 41.7 Å². The molecule has 1 amide bonds. The number of nitrogens with zero attached hydrogens (tertiary/aromatic N) is 2. The molecule has 1 N–H and O–H groups in total. The summed E-state index contributed by atoms with van der Waals surface area (Å²) in [5, 5.41) is 11.5. The number of rotatable bonds is 10. The molecule has 0 radical (unpaired) electrons. The summed E-state index contributed by atoms with van der Waals surface area (Å²) in [4.78, 5) is 27.4. The van der Waals surface area contributed by atoms with Crippen molar-refractivity contribution in [1.29, 1.82) is 0 Å². The molecule has 0 aliphatic carbocycles. The third-order valence-electron chi connectivity index (χ3n) is 5.75. The Morgan fingerprint density at radius 3 is 2.66 bits per heavy atom. The number of likely N-dealkylation sites (N-methyl/N-ethyl adjacent to an activating group) is 1. The number of carboxylic acid groups (broad SMARTS) is 1. The lowest BCUT2D eigenvalue weighted by Gasteiger charge is -2.21. The van der Waals surface area contributed by atoms with E-state index >= 15 is 0 Å². The number of hydrogen-bond acceptors (Lipinski definition) is 4. The summed E-state index contributed by atoms with van der Waals surface area (Å²) in [6.07, 6.45) is 0.734. The fourth-order valence-electron chi connectivity index (χ4n) is 3.93. The third kappa shape index (κ3) is 5.07. The largest absolute Gasteiger partial charge is 0.492 e. The van der Waals surface area contributed by atoms with Gasteiger partial charge in [0, 0.05) is 31.6 Å². The smallest absolute Gasteiger partial charge is 0.308 e. The Labute approximate surface area is 172 Å². The van der Waals surface area contributed by atoms with Crippen LogP contribution in [0.4, 0.5) is 0 Å². The maximum atomic E-state index is 12.2. The van der Waals surface area contributed by atoms with Crippen LogP contribution < -0.4 is 4.74 Å². The van der Waals surface area contributed by atoms with Gasteiger partial charge in [-0.2, -0.15) is 0 Å². The number of ether oxygens (including phenoxy) is 1. The van der Waals surface area contributed by atoms with Gasteiger partial charge in [0.25, 0.3) is 0 Å². The van der Waals surface area contributed by atoms with Crippen LogP contribution in [0, 0.1) is 5.92 Å². The first-order chi connectivity index (χ1) is 14.0. The molecule has 3 rings (SSSR count). The van der Waals surface area contributed by atoms with Crippen LogP contribution in [0.1, 0.15) is 25.8 Å². The Bertz CT molecular complexity index is 863. The lowest BCUT2D eigenvalue weighted by molar-refractivity contribution is -0.141. The van der Waals surface area contributed by atoms with Crippen LogP contribution in [0.25, 0.3) is 10.8 Å². The zero-order valence-corrected chi connectivity index (χ0v) is 17.3. The Balaban J connectivity index is 1.75. The summed E-state index contributed by atoms with van der Waals surface area (Å²) in [6, 6.07) is 12.2. The maximum absolute atomic E-state index is 12.2. The van der Waals surface area contributed by atoms with Crippen LogP contribution in [0.15, 0.2) is 36.4 Å². The van der Waals surface area contributed by atoms with Crippen LogP contribution in [0.3, 0.4) is 0 Å². The summed E-state index contributed by atoms with van der Waals surface area (Å²) < 4.78 is 6.14. The maximum Gasteiger partial charge on any atom is 0.308 e. The molecular formula is C23H30N2O4. The minimum atomic E-state index is -0.897. The Morgan fingerprint density at radius 2 is 1.97 bits per heavy atom. The summed E-state index contributed by atoms with van der Waals surface area (Å²) in [6.45, 7) is 8.53. The molecule has 1 aliphatic rings. The number of carbonyl (C=O) groups excluding carboxylic acids is 1. The first-order valence-electron chi connectivity index (χ1n) is 10.4. The van der Waals surface area contributed by atoms with Gasteiger partial charge in [-0.15, -0.1) is 0 Å². The minimum Gasteiger partial charge on any atom is -0.492 e. The number of carboxylic acids is 1. The average Bonchev–Trinajstić information content (AvgIpc) is 3.11. The zero-order chi connectivity index (χ0) is 20.8. The predicted molar refractivity (Wildman–Crippen MR) is 113 cm³/mol. The van der Waals surface area contributed by atoms with Crippen LogP contribution in [0.5, 0.6) is 5.75 Å². The molecule has 1 aliphatic heterocycles. The van der Waals surface area contributed by atoms with E-state index < -0.39 is 11.9 Å². The highest BCUT2D eigenvalue weighted by Gasteiger charge is 2.34. The standard InChI is InChI=1S/C23H30N2O4/c1-3-24(4-2)13-14-29-21-10-9-17-7-5-6-8-19(17)20(21)11-12-25-16-18(23(27)28)15-22(25)26/h5-10,18H,3-4,11-16H2,1-2H3,(H,27,28). The van der Waals surface area contributed by atoms with Crippen molar-refractivity contribution >= 4 is 22.6 Å². The molecule has 1 saturated heterocycles. The van der Waals surface area contributed by atoms with Crippen molar-refractivity contribution in [2.75, 3.05) is 39.3 Å². The number of aliphatic carboxylic acids is 1. The lowest BCUT2D eigenvalue weighted by Crippen LogP contribution is -2.29. The monoisotopic (exact) mass is 398 g/mol. The summed E-state index contributed by atoms with van der Waals surface area (Å²) in [5.41, 5.74) is 1.08. The Morgan fingerprint density at radius 1 is 1.21 bits per heavy atom. The topological polar surface area (TPSA) is 70.1 Å². The minimum absolute atomic E-state index is 0.0818. The molecule has 1 atom stereocenters. The predicted octanol–water partition coefficient (Wildman–Crippen LogP) is 3.04. The number of benzene rings is 2. The second-order valence-electron chi connectivity index (χ2n) is 7.47. The molecule has 2 aromatic carbocycles. The van der Waals surface area contributed by atoms with Gasteiger partial charge < -0.3 is 19.6 Å². The van der Waals surface area contributed by atoms with Gasteiger partial charge in [-0.3, -0.25) is 9.59 Å². The molecule has 1 heterocycles. The molecule has 156 valence electrons. The highest BCUT2D eigenvalue weighted by Crippen LogP contribution is 2.29. The number of hydrogen-bond donors (Lipinski definition) is 1. The molecule has 1 unspecified atom stereocenters. The molecule has 6 nitrogen and oxygen atoms in total. The van der Waals surface area contributed by atoms with Crippen molar-refractivity contribution in [1.82, 2.24) is 9.80 Å². The normalized spacial score (nSPS) is 16.7. The van der Waals surface area contributed by atoms with E-state index in [1.807, 2.05) is 18.2 Å². The van der Waals surface area contributed by atoms with Crippen molar-refractivity contribution in [2.45, 2.75) is 26.7 Å². The van der Waals surface area contributed by atoms with E-state index in [9.17, 15) is 14.7 Å². The van der Waals surface area contributed by atoms with E-state index in [4.69, 9.17) is 4.74 Å². The van der Waals surface area contributed by atoms with E-state index in [1.54, 1.807) is 4.90 Å². The van der Waals surface area contributed by atoms with Gasteiger partial charge in [-0.25, -0.2) is 0 Å². The lowest BCUT2D eigenvalue weighted by atomic mass is 10.0. The highest BCUT2D eigenvalue weighted by atomic mass is 16.5. The third-order valence-corrected chi connectivity index (χ3v) is 5.75. The second kappa shape index (κ2) is 9.74. The Kier molecular flexibility index (Phi) is 7.09. The van der Waals surface area contributed by atoms with Crippen molar-refractivity contribution in [2.24, 2.45) is 5.92 Å². The number of fused-ring (bicyclic) bond motifs is 1. The first-order valence-corrected chi connectivity index (χ1v) is 10.4. The molecule has 1 fully saturated rings. The van der Waals surface area contributed by atoms with Gasteiger partial charge in [-0.05, 0) is 36.3 Å². The highest BCUT2D eigenvalue weighted by molar-refractivity contribution is 5.88. The summed E-state index contributed by atoms with van der Waals surface area (Å²) in [5.74, 6) is -0.731. The van der Waals surface area contributed by atoms with E-state index in [1.165, 1.54) is 0 Å². The van der Waals surface area contributed by atoms with Gasteiger partial charge in [0.05, 0.1) is 5.92 Å². The second-order valence-corrected chi connectivity index (χ2v) is 7.47. The molecule has 0 saturated carbocycles. The van der Waals surface area contributed by atoms with Crippen molar-refractivity contribution in [3.05, 3.63) is 42.0 Å². The van der Waals surface area contributed by atoms with Gasteiger partial charge >= 0.3 is 5.97 Å². The molecule has 0 bridgehead atoms. The number of amides is 1. The van der Waals surface area contributed by atoms with Gasteiger partial charge in [0.2, 0.25) is 5.91 Å². The SMILES string of the molecule is CCN(CC)CCOc1ccc2ccccc2c1CCN1CC(C(=O)O)CC1=O. The first kappa shape index (κ1) is 21.1. The zero-order valence-electron chi connectivity index (χ0n) is 17.3. The van der Waals surface area contributed by atoms with Gasteiger partial charge in [0.1, 0.15) is 12.4 Å². The Hall–Kier alpha value is -2.60. The van der Waals surface area contributed by atoms with E-state index in [0.29, 0.717) is 19.6 Å². The molecule has 0 spiro atoms. The fraction of sp³-hybridized carbons (Fsp3) is 0.478. The van der Waals surface area contributed by atoms with Gasteiger partial charge in [-0.1, -0.05) is 44.2 Å². The molecule has 6 heteroatoms. The fourth-order valence-corrected chi connectivity index (χ4v) is 3.93. The van der Waals surface area contributed by atoms with Crippen LogP contribution in [0.2, 0.25) is 0 Å². The van der Waals surface area contributed by atoms with Crippen LogP contribution in [-0.2, 0) is 16.0 Å². The quantitative estimate of drug-likeness (QED) is 0.666. The van der Waals surface area contributed by atoms with E-state index in [2.05, 4.69) is 36.9 Å².